The van der Waals surface area contributed by atoms with Crippen molar-refractivity contribution in [3.05, 3.63) is 20.8 Å². The number of anilines is 2. The summed E-state index contributed by atoms with van der Waals surface area (Å²) in [7, 11) is 1.53. The summed E-state index contributed by atoms with van der Waals surface area (Å²) in [4.78, 5) is 25.6. The van der Waals surface area contributed by atoms with Crippen LogP contribution in [0.5, 0.6) is 0 Å². The Morgan fingerprint density at radius 3 is 2.85 bits per heavy atom. The number of nitrogen functional groups attached to an aromatic ring is 1. The van der Waals surface area contributed by atoms with E-state index in [2.05, 4.69) is 16.2 Å². The number of methoxy groups -OCH3 is 1. The second-order valence-electron chi connectivity index (χ2n) is 4.25. The average molecular weight is 280 g/mol. The zero-order chi connectivity index (χ0) is 15.0. The SMILES string of the molecule is C#CCCCCNc1c(N)n(CCOC)c(=O)[nH]c1=O. The third-order valence-corrected chi connectivity index (χ3v) is 2.81. The molecule has 0 aliphatic rings. The second-order valence-corrected chi connectivity index (χ2v) is 4.25. The quantitative estimate of drug-likeness (QED) is 0.459. The van der Waals surface area contributed by atoms with Crippen molar-refractivity contribution in [1.29, 1.82) is 0 Å². The Labute approximate surface area is 117 Å². The van der Waals surface area contributed by atoms with E-state index in [0.717, 1.165) is 12.8 Å². The first-order valence-corrected chi connectivity index (χ1v) is 6.40. The average Bonchev–Trinajstić information content (AvgIpc) is 2.41. The van der Waals surface area contributed by atoms with Gasteiger partial charge in [0.15, 0.2) is 0 Å². The number of ether oxygens (including phenoxy) is 1. The fraction of sp³-hybridized carbons (Fsp3) is 0.538. The highest BCUT2D eigenvalue weighted by atomic mass is 16.5. The second kappa shape index (κ2) is 8.07. The van der Waals surface area contributed by atoms with Crippen molar-refractivity contribution in [2.45, 2.75) is 25.8 Å². The van der Waals surface area contributed by atoms with E-state index in [1.165, 1.54) is 11.7 Å². The predicted molar refractivity (Wildman–Crippen MR) is 78.8 cm³/mol. The van der Waals surface area contributed by atoms with Gasteiger partial charge in [0.25, 0.3) is 5.56 Å². The van der Waals surface area contributed by atoms with Crippen molar-refractivity contribution in [1.82, 2.24) is 9.55 Å². The van der Waals surface area contributed by atoms with Crippen LogP contribution in [0.3, 0.4) is 0 Å². The van der Waals surface area contributed by atoms with Crippen LogP contribution in [0.1, 0.15) is 19.3 Å². The molecule has 1 aromatic rings. The molecule has 0 saturated heterocycles. The number of aromatic amines is 1. The van der Waals surface area contributed by atoms with Crippen LogP contribution in [0.15, 0.2) is 9.59 Å². The smallest absolute Gasteiger partial charge is 0.330 e. The van der Waals surface area contributed by atoms with Crippen molar-refractivity contribution in [3.63, 3.8) is 0 Å². The van der Waals surface area contributed by atoms with Gasteiger partial charge in [-0.3, -0.25) is 14.3 Å². The van der Waals surface area contributed by atoms with Gasteiger partial charge in [0.2, 0.25) is 0 Å². The van der Waals surface area contributed by atoms with E-state index in [-0.39, 0.29) is 18.1 Å². The minimum Gasteiger partial charge on any atom is -0.383 e. The van der Waals surface area contributed by atoms with Crippen LogP contribution in [0.4, 0.5) is 11.5 Å². The fourth-order valence-electron chi connectivity index (χ4n) is 1.73. The Hall–Kier alpha value is -2.20. The van der Waals surface area contributed by atoms with Crippen LogP contribution in [0.2, 0.25) is 0 Å². The van der Waals surface area contributed by atoms with Crippen LogP contribution < -0.4 is 22.3 Å². The predicted octanol–water partition coefficient (Wildman–Crippen LogP) is -0.0194. The lowest BCUT2D eigenvalue weighted by Crippen LogP contribution is -2.35. The normalized spacial score (nSPS) is 10.2. The summed E-state index contributed by atoms with van der Waals surface area (Å²) in [5, 5.41) is 2.95. The number of nitrogens with two attached hydrogens (primary N) is 1. The van der Waals surface area contributed by atoms with E-state index in [1.54, 1.807) is 0 Å². The summed E-state index contributed by atoms with van der Waals surface area (Å²) in [5.74, 6) is 2.67. The molecule has 1 rings (SSSR count). The lowest BCUT2D eigenvalue weighted by atomic mass is 10.2. The number of terminal acetylenes is 1. The Kier molecular flexibility index (Phi) is 6.40. The van der Waals surface area contributed by atoms with E-state index < -0.39 is 11.2 Å². The first-order chi connectivity index (χ1) is 9.61. The summed E-state index contributed by atoms with van der Waals surface area (Å²) in [6, 6.07) is 0. The Balaban J connectivity index is 2.82. The monoisotopic (exact) mass is 280 g/mol. The molecule has 7 nitrogen and oxygen atoms in total. The molecule has 1 aromatic heterocycles. The first kappa shape index (κ1) is 15.9. The van der Waals surface area contributed by atoms with Crippen molar-refractivity contribution < 1.29 is 4.74 Å². The highest BCUT2D eigenvalue weighted by Crippen LogP contribution is 2.10. The minimum atomic E-state index is -0.539. The van der Waals surface area contributed by atoms with E-state index in [9.17, 15) is 9.59 Å². The van der Waals surface area contributed by atoms with Crippen LogP contribution in [-0.2, 0) is 11.3 Å². The Bertz CT molecular complexity index is 583. The van der Waals surface area contributed by atoms with Gasteiger partial charge in [0, 0.05) is 20.1 Å². The molecule has 0 fully saturated rings. The number of aromatic nitrogens is 2. The highest BCUT2D eigenvalue weighted by Gasteiger charge is 2.11. The summed E-state index contributed by atoms with van der Waals surface area (Å²) in [6.45, 7) is 1.18. The van der Waals surface area contributed by atoms with Gasteiger partial charge in [-0.25, -0.2) is 4.79 Å². The molecule has 0 bridgehead atoms. The number of nitrogens with one attached hydrogen (secondary N) is 2. The van der Waals surface area contributed by atoms with Crippen molar-refractivity contribution in [2.24, 2.45) is 0 Å². The number of hydrogen-bond donors (Lipinski definition) is 3. The minimum absolute atomic E-state index is 0.118. The first-order valence-electron chi connectivity index (χ1n) is 6.40. The zero-order valence-electron chi connectivity index (χ0n) is 11.6. The third kappa shape index (κ3) is 4.17. The number of hydrogen-bond acceptors (Lipinski definition) is 5. The molecule has 7 heteroatoms. The molecule has 20 heavy (non-hydrogen) atoms. The van der Waals surface area contributed by atoms with E-state index in [1.807, 2.05) is 0 Å². The summed E-state index contributed by atoms with van der Waals surface area (Å²) >= 11 is 0. The number of unbranched alkanes of at least 4 members (excludes halogenated alkanes) is 2. The van der Waals surface area contributed by atoms with Gasteiger partial charge in [0.05, 0.1) is 13.2 Å². The summed E-state index contributed by atoms with van der Waals surface area (Å²) < 4.78 is 6.18. The molecule has 0 unspecified atom stereocenters. The van der Waals surface area contributed by atoms with Gasteiger partial charge in [-0.05, 0) is 12.8 Å². The lowest BCUT2D eigenvalue weighted by molar-refractivity contribution is 0.186. The van der Waals surface area contributed by atoms with Crippen molar-refractivity contribution in [3.8, 4) is 12.3 Å². The lowest BCUT2D eigenvalue weighted by Gasteiger charge is -2.13. The Morgan fingerprint density at radius 1 is 1.45 bits per heavy atom. The molecule has 4 N–H and O–H groups in total. The van der Waals surface area contributed by atoms with Crippen molar-refractivity contribution >= 4 is 11.5 Å². The van der Waals surface area contributed by atoms with Gasteiger partial charge < -0.3 is 15.8 Å². The van der Waals surface area contributed by atoms with E-state index in [4.69, 9.17) is 16.9 Å². The number of nitrogens with zero attached hydrogens (tertiary/aromatic N) is 1. The molecule has 0 amide bonds. The topological polar surface area (TPSA) is 102 Å². The molecule has 0 aromatic carbocycles. The van der Waals surface area contributed by atoms with Crippen LogP contribution in [0.25, 0.3) is 0 Å². The van der Waals surface area contributed by atoms with Crippen molar-refractivity contribution in [2.75, 3.05) is 31.3 Å². The highest BCUT2D eigenvalue weighted by molar-refractivity contribution is 5.60. The molecule has 0 radical (unpaired) electrons. The molecule has 0 aliphatic carbocycles. The van der Waals surface area contributed by atoms with Gasteiger partial charge in [-0.15, -0.1) is 12.3 Å². The third-order valence-electron chi connectivity index (χ3n) is 2.81. The molecule has 0 spiro atoms. The largest absolute Gasteiger partial charge is 0.383 e. The maximum Gasteiger partial charge on any atom is 0.330 e. The Morgan fingerprint density at radius 2 is 2.20 bits per heavy atom. The molecule has 0 saturated carbocycles. The van der Waals surface area contributed by atoms with Gasteiger partial charge in [0.1, 0.15) is 11.5 Å². The van der Waals surface area contributed by atoms with Gasteiger partial charge >= 0.3 is 5.69 Å². The number of H-pyrrole nitrogens is 1. The fourth-order valence-corrected chi connectivity index (χ4v) is 1.73. The number of rotatable bonds is 8. The molecule has 110 valence electrons. The van der Waals surface area contributed by atoms with Gasteiger partial charge in [-0.1, -0.05) is 0 Å². The van der Waals surface area contributed by atoms with Crippen LogP contribution >= 0.6 is 0 Å². The molecular weight excluding hydrogens is 260 g/mol. The maximum atomic E-state index is 11.7. The zero-order valence-corrected chi connectivity index (χ0v) is 11.6. The molecule has 0 aliphatic heterocycles. The standard InChI is InChI=1S/C13H20N4O3/c1-3-4-5-6-7-15-10-11(14)17(8-9-20-2)13(19)16-12(10)18/h1,15H,4-9,14H2,2H3,(H,16,18,19). The summed E-state index contributed by atoms with van der Waals surface area (Å²) in [5.41, 5.74) is 5.01. The summed E-state index contributed by atoms with van der Waals surface area (Å²) in [6.07, 6.45) is 7.54. The molecule has 0 atom stereocenters. The van der Waals surface area contributed by atoms with E-state index >= 15 is 0 Å². The van der Waals surface area contributed by atoms with Crippen LogP contribution in [-0.4, -0.2) is 29.8 Å². The van der Waals surface area contributed by atoms with Gasteiger partial charge in [-0.2, -0.15) is 0 Å². The van der Waals surface area contributed by atoms with Crippen LogP contribution in [0, 0.1) is 12.3 Å². The molecular formula is C13H20N4O3. The molecule has 1 heterocycles. The van der Waals surface area contributed by atoms with E-state index in [0.29, 0.717) is 19.6 Å². The maximum absolute atomic E-state index is 11.7.